The zero-order valence-electron chi connectivity index (χ0n) is 34.2. The fourth-order valence-corrected chi connectivity index (χ4v) is 6.98. The number of nitrogens with zero attached hydrogens (tertiary/aromatic N) is 2. The lowest BCUT2D eigenvalue weighted by molar-refractivity contribution is -0.147. The molecule has 0 aromatic rings. The van der Waals surface area contributed by atoms with Crippen molar-refractivity contribution in [2.24, 2.45) is 17.4 Å². The Morgan fingerprint density at radius 1 is 0.700 bits per heavy atom. The van der Waals surface area contributed by atoms with E-state index in [1.54, 1.807) is 0 Å². The summed E-state index contributed by atoms with van der Waals surface area (Å²) in [5, 5.41) is 49.7. The van der Waals surface area contributed by atoms with Crippen LogP contribution in [0.3, 0.4) is 0 Å². The van der Waals surface area contributed by atoms with Crippen LogP contribution in [0, 0.1) is 5.92 Å². The smallest absolute Gasteiger partial charge is 0.326 e. The maximum atomic E-state index is 13.9. The number of carbonyl (C=O) groups is 10. The largest absolute Gasteiger partial charge is 0.481 e. The van der Waals surface area contributed by atoms with Crippen molar-refractivity contribution in [3.8, 4) is 0 Å². The molecule has 23 heteroatoms. The van der Waals surface area contributed by atoms with Gasteiger partial charge in [-0.25, -0.2) is 4.79 Å². The third-order valence-electron chi connectivity index (χ3n) is 10.1. The Morgan fingerprint density at radius 2 is 1.28 bits per heavy atom. The first-order chi connectivity index (χ1) is 28.2. The molecule has 2 heterocycles. The molecule has 0 aromatic heterocycles. The molecule has 0 unspecified atom stereocenters. The molecular formula is C37H61N9O14. The Hall–Kier alpha value is -5.42. The average molecular weight is 856 g/mol. The Kier molecular flexibility index (Phi) is 20.8. The van der Waals surface area contributed by atoms with Crippen LogP contribution in [0.15, 0.2) is 0 Å². The first-order valence-corrected chi connectivity index (χ1v) is 20.1. The number of carboxylic acid groups (broad SMARTS) is 3. The summed E-state index contributed by atoms with van der Waals surface area (Å²) in [6, 6.07) is -9.11. The topological polar surface area (TPSA) is 370 Å². The van der Waals surface area contributed by atoms with Gasteiger partial charge in [-0.15, -0.1) is 0 Å². The summed E-state index contributed by atoms with van der Waals surface area (Å²) in [7, 11) is 0. The van der Waals surface area contributed by atoms with E-state index in [-0.39, 0.29) is 38.3 Å². The minimum Gasteiger partial charge on any atom is -0.481 e. The van der Waals surface area contributed by atoms with Crippen molar-refractivity contribution in [2.45, 2.75) is 140 Å². The van der Waals surface area contributed by atoms with Crippen molar-refractivity contribution in [2.75, 3.05) is 26.2 Å². The van der Waals surface area contributed by atoms with E-state index in [1.165, 1.54) is 11.8 Å². The fourth-order valence-electron chi connectivity index (χ4n) is 6.98. The number of nitrogens with two attached hydrogens (primary N) is 2. The minimum atomic E-state index is -1.81. The van der Waals surface area contributed by atoms with E-state index in [0.29, 0.717) is 38.6 Å². The van der Waals surface area contributed by atoms with Gasteiger partial charge in [0.1, 0.15) is 36.3 Å². The number of rotatable bonds is 25. The average Bonchev–Trinajstić information content (AvgIpc) is 3.87. The second-order valence-electron chi connectivity index (χ2n) is 15.5. The summed E-state index contributed by atoms with van der Waals surface area (Å²) in [5.74, 6) is -10.0. The standard InChI is InChI=1S/C37H61N9O14/c1-19(2)16-21(39)31(53)43-23(8-4-5-13-38)35(57)45-14-6-10-26(45)34(56)44-30(20(3)47)36(58)46-15-7-9-25(46)33(55)42-22(11-12-28(49)50)32(54)40-18-27(48)41-24(37(59)60)17-29(51)52/h19-26,30,47H,4-18,38-39H2,1-3H3,(H,40,54)(H,41,48)(H,42,55)(H,43,53)(H,44,56)(H,49,50)(H,51,52)(H,59,60)/t20-,21+,22+,23+,24+,25+,26+,30+/m1/s1. The second kappa shape index (κ2) is 24.6. The lowest BCUT2D eigenvalue weighted by Gasteiger charge is -2.33. The van der Waals surface area contributed by atoms with Crippen LogP contribution in [-0.4, -0.2) is 164 Å². The molecule has 0 bridgehead atoms. The van der Waals surface area contributed by atoms with E-state index in [2.05, 4.69) is 21.3 Å². The van der Waals surface area contributed by atoms with Gasteiger partial charge in [-0.3, -0.25) is 43.2 Å². The van der Waals surface area contributed by atoms with Crippen LogP contribution in [0.1, 0.15) is 91.4 Å². The van der Waals surface area contributed by atoms with E-state index in [9.17, 15) is 58.2 Å². The number of aliphatic carboxylic acids is 3. The first-order valence-electron chi connectivity index (χ1n) is 20.1. The van der Waals surface area contributed by atoms with Crippen LogP contribution < -0.4 is 38.1 Å². The zero-order chi connectivity index (χ0) is 45.3. The maximum Gasteiger partial charge on any atom is 0.326 e. The molecule has 0 aliphatic carbocycles. The molecule has 0 aromatic carbocycles. The number of aliphatic hydroxyl groups is 1. The fraction of sp³-hybridized carbons (Fsp3) is 0.730. The van der Waals surface area contributed by atoms with Crippen LogP contribution >= 0.6 is 0 Å². The molecule has 338 valence electrons. The van der Waals surface area contributed by atoms with Gasteiger partial charge in [0, 0.05) is 19.5 Å². The predicted molar refractivity (Wildman–Crippen MR) is 209 cm³/mol. The number of hydrogen-bond acceptors (Lipinski definition) is 13. The highest BCUT2D eigenvalue weighted by Gasteiger charge is 2.43. The van der Waals surface area contributed by atoms with Crippen LogP contribution in [0.25, 0.3) is 0 Å². The highest BCUT2D eigenvalue weighted by atomic mass is 16.4. The van der Waals surface area contributed by atoms with Gasteiger partial charge in [0.05, 0.1) is 25.1 Å². The van der Waals surface area contributed by atoms with E-state index in [1.807, 2.05) is 19.2 Å². The quantitative estimate of drug-likeness (QED) is 0.0394. The minimum absolute atomic E-state index is 0.000418. The molecule has 13 N–H and O–H groups in total. The van der Waals surface area contributed by atoms with Crippen molar-refractivity contribution in [1.29, 1.82) is 0 Å². The third-order valence-corrected chi connectivity index (χ3v) is 10.1. The Bertz CT molecular complexity index is 1580. The number of amides is 7. The molecule has 0 saturated carbocycles. The molecule has 7 amide bonds. The number of nitrogens with one attached hydrogen (secondary N) is 5. The van der Waals surface area contributed by atoms with Crippen molar-refractivity contribution >= 4 is 59.3 Å². The summed E-state index contributed by atoms with van der Waals surface area (Å²) < 4.78 is 0. The molecule has 2 aliphatic heterocycles. The van der Waals surface area contributed by atoms with Crippen LogP contribution in [0.4, 0.5) is 0 Å². The molecule has 2 saturated heterocycles. The lowest BCUT2D eigenvalue weighted by Crippen LogP contribution is -2.61. The maximum absolute atomic E-state index is 13.9. The lowest BCUT2D eigenvalue weighted by atomic mass is 10.0. The summed E-state index contributed by atoms with van der Waals surface area (Å²) in [5.41, 5.74) is 11.7. The van der Waals surface area contributed by atoms with Gasteiger partial charge in [0.15, 0.2) is 0 Å². The number of carbonyl (C=O) groups excluding carboxylic acids is 7. The second-order valence-corrected chi connectivity index (χ2v) is 15.5. The van der Waals surface area contributed by atoms with E-state index in [0.717, 1.165) is 4.90 Å². The summed E-state index contributed by atoms with van der Waals surface area (Å²) in [4.78, 5) is 129. The molecule has 2 aliphatic rings. The van der Waals surface area contributed by atoms with Crippen molar-refractivity contribution in [1.82, 2.24) is 36.4 Å². The zero-order valence-corrected chi connectivity index (χ0v) is 34.2. The molecule has 0 spiro atoms. The predicted octanol–water partition coefficient (Wildman–Crippen LogP) is -3.67. The van der Waals surface area contributed by atoms with Gasteiger partial charge >= 0.3 is 17.9 Å². The summed E-state index contributed by atoms with van der Waals surface area (Å²) in [6.07, 6.45) is -0.780. The van der Waals surface area contributed by atoms with Gasteiger partial charge in [0.25, 0.3) is 0 Å². The van der Waals surface area contributed by atoms with Gasteiger partial charge in [-0.2, -0.15) is 0 Å². The van der Waals surface area contributed by atoms with Gasteiger partial charge in [0.2, 0.25) is 41.4 Å². The molecule has 2 fully saturated rings. The van der Waals surface area contributed by atoms with Gasteiger partial charge < -0.3 is 68.3 Å². The Labute approximate surface area is 347 Å². The summed E-state index contributed by atoms with van der Waals surface area (Å²) in [6.45, 7) is 4.74. The van der Waals surface area contributed by atoms with Crippen molar-refractivity contribution < 1.29 is 68.4 Å². The normalized spacial score (nSPS) is 19.2. The molecule has 8 atom stereocenters. The molecule has 60 heavy (non-hydrogen) atoms. The van der Waals surface area contributed by atoms with E-state index >= 15 is 0 Å². The molecule has 0 radical (unpaired) electrons. The number of carboxylic acids is 3. The number of likely N-dealkylation sites (tertiary alicyclic amines) is 2. The van der Waals surface area contributed by atoms with E-state index in [4.69, 9.17) is 21.7 Å². The number of hydrogen-bond donors (Lipinski definition) is 11. The van der Waals surface area contributed by atoms with Gasteiger partial charge in [-0.1, -0.05) is 13.8 Å². The van der Waals surface area contributed by atoms with Gasteiger partial charge in [-0.05, 0) is 77.2 Å². The van der Waals surface area contributed by atoms with Crippen molar-refractivity contribution in [3.63, 3.8) is 0 Å². The molecular weight excluding hydrogens is 794 g/mol. The van der Waals surface area contributed by atoms with Crippen LogP contribution in [-0.2, 0) is 47.9 Å². The monoisotopic (exact) mass is 855 g/mol. The van der Waals surface area contributed by atoms with Crippen LogP contribution in [0.2, 0.25) is 0 Å². The Balaban J connectivity index is 2.19. The third kappa shape index (κ3) is 16.0. The number of aliphatic hydroxyl groups excluding tert-OH is 1. The summed E-state index contributed by atoms with van der Waals surface area (Å²) >= 11 is 0. The molecule has 23 nitrogen and oxygen atoms in total. The van der Waals surface area contributed by atoms with Crippen molar-refractivity contribution in [3.05, 3.63) is 0 Å². The first kappa shape index (κ1) is 50.7. The highest BCUT2D eigenvalue weighted by molar-refractivity contribution is 5.98. The SMILES string of the molecule is CC(C)C[C@H](N)C(=O)N[C@@H](CCCCN)C(=O)N1CCC[C@H]1C(=O)N[C@H](C(=O)N1CCC[C@H]1C(=O)N[C@@H](CCC(=O)O)C(=O)NCC(=O)N[C@@H](CC(=O)O)C(=O)O)[C@@H](C)O. The van der Waals surface area contributed by atoms with Crippen LogP contribution in [0.5, 0.6) is 0 Å². The van der Waals surface area contributed by atoms with E-state index < -0.39 is 133 Å². The Morgan fingerprint density at radius 3 is 1.80 bits per heavy atom. The number of unbranched alkanes of at least 4 members (excludes halogenated alkanes) is 1. The molecule has 2 rings (SSSR count). The highest BCUT2D eigenvalue weighted by Crippen LogP contribution is 2.23.